The van der Waals surface area contributed by atoms with E-state index in [0.717, 1.165) is 0 Å². The molecule has 0 spiro atoms. The van der Waals surface area contributed by atoms with Crippen LogP contribution < -0.4 is 9.47 Å². The number of halogens is 3. The van der Waals surface area contributed by atoms with E-state index >= 15 is 0 Å². The van der Waals surface area contributed by atoms with Gasteiger partial charge in [0.25, 0.3) is 0 Å². The molecule has 0 unspecified atom stereocenters. The van der Waals surface area contributed by atoms with Crippen LogP contribution in [0.1, 0.15) is 17.3 Å². The van der Waals surface area contributed by atoms with Crippen molar-refractivity contribution in [3.63, 3.8) is 0 Å². The van der Waals surface area contributed by atoms with E-state index in [1.165, 1.54) is 29.2 Å². The van der Waals surface area contributed by atoms with Crippen LogP contribution in [0.5, 0.6) is 11.5 Å². The number of carbonyl (C=O) groups is 1. The van der Waals surface area contributed by atoms with Crippen LogP contribution in [0.3, 0.4) is 0 Å². The molecular weight excluding hydrogens is 397 g/mol. The normalized spacial score (nSPS) is 15.9. The third kappa shape index (κ3) is 4.98. The van der Waals surface area contributed by atoms with E-state index in [0.29, 0.717) is 5.75 Å². The van der Waals surface area contributed by atoms with Crippen molar-refractivity contribution in [3.05, 3.63) is 42.2 Å². The van der Waals surface area contributed by atoms with Crippen molar-refractivity contribution < 1.29 is 41.7 Å². The third-order valence-corrected chi connectivity index (χ3v) is 3.93. The molecule has 0 saturated carbocycles. The van der Waals surface area contributed by atoms with Crippen LogP contribution in [0.25, 0.3) is 0 Å². The third-order valence-electron chi connectivity index (χ3n) is 3.93. The Morgan fingerprint density at radius 3 is 2.59 bits per heavy atom. The smallest absolute Gasteiger partial charge is 0.447 e. The standard InChI is InChI=1S/C18H19F3N2O6/c1-2-25-16(24)13-9-22-23(10-13)12-27-15-5-3-4-14(8-15)26-11-17(18(19,20)21)28-6-7-29-17/h3-5,8-10H,2,6-7,11-12H2,1H3. The summed E-state index contributed by atoms with van der Waals surface area (Å²) in [4.78, 5) is 11.6. The molecule has 2 heterocycles. The summed E-state index contributed by atoms with van der Waals surface area (Å²) in [6, 6.07) is 6.08. The maximum atomic E-state index is 13.2. The molecular formula is C18H19F3N2O6. The first-order valence-electron chi connectivity index (χ1n) is 8.73. The van der Waals surface area contributed by atoms with Gasteiger partial charge in [0.1, 0.15) is 11.5 Å². The molecule has 1 saturated heterocycles. The van der Waals surface area contributed by atoms with Crippen molar-refractivity contribution in [2.75, 3.05) is 26.4 Å². The first kappa shape index (κ1) is 20.9. The van der Waals surface area contributed by atoms with Crippen molar-refractivity contribution >= 4 is 5.97 Å². The van der Waals surface area contributed by atoms with Crippen molar-refractivity contribution in [2.24, 2.45) is 0 Å². The minimum absolute atomic E-state index is 0.0262. The number of rotatable bonds is 8. The predicted molar refractivity (Wildman–Crippen MR) is 91.4 cm³/mol. The van der Waals surface area contributed by atoms with Gasteiger partial charge in [-0.25, -0.2) is 9.48 Å². The second-order valence-corrected chi connectivity index (χ2v) is 5.97. The summed E-state index contributed by atoms with van der Waals surface area (Å²) in [5.41, 5.74) is 0.279. The van der Waals surface area contributed by atoms with Gasteiger partial charge in [-0.15, -0.1) is 0 Å². The quantitative estimate of drug-likeness (QED) is 0.612. The molecule has 0 bridgehead atoms. The average Bonchev–Trinajstić information content (AvgIpc) is 3.35. The zero-order chi connectivity index (χ0) is 20.9. The molecule has 2 aromatic rings. The Labute approximate surface area is 164 Å². The lowest BCUT2D eigenvalue weighted by Crippen LogP contribution is -2.51. The van der Waals surface area contributed by atoms with E-state index in [2.05, 4.69) is 5.10 Å². The second kappa shape index (κ2) is 8.70. The lowest BCUT2D eigenvalue weighted by molar-refractivity contribution is -0.350. The zero-order valence-electron chi connectivity index (χ0n) is 15.5. The highest BCUT2D eigenvalue weighted by molar-refractivity contribution is 5.88. The fourth-order valence-corrected chi connectivity index (χ4v) is 2.51. The Balaban J connectivity index is 1.58. The molecule has 1 aromatic carbocycles. The van der Waals surface area contributed by atoms with Gasteiger partial charge in [-0.3, -0.25) is 0 Å². The second-order valence-electron chi connectivity index (χ2n) is 5.97. The van der Waals surface area contributed by atoms with Gasteiger partial charge < -0.3 is 23.7 Å². The van der Waals surface area contributed by atoms with Crippen molar-refractivity contribution in [1.29, 1.82) is 0 Å². The van der Waals surface area contributed by atoms with Gasteiger partial charge in [-0.05, 0) is 19.1 Å². The molecule has 8 nitrogen and oxygen atoms in total. The topological polar surface area (TPSA) is 81.0 Å². The summed E-state index contributed by atoms with van der Waals surface area (Å²) >= 11 is 0. The maximum Gasteiger partial charge on any atom is 0.447 e. The monoisotopic (exact) mass is 416 g/mol. The fraction of sp³-hybridized carbons (Fsp3) is 0.444. The van der Waals surface area contributed by atoms with Crippen molar-refractivity contribution in [3.8, 4) is 11.5 Å². The van der Waals surface area contributed by atoms with Gasteiger partial charge >= 0.3 is 17.9 Å². The number of aromatic nitrogens is 2. The van der Waals surface area contributed by atoms with Crippen LogP contribution in [0.4, 0.5) is 13.2 Å². The molecule has 11 heteroatoms. The summed E-state index contributed by atoms with van der Waals surface area (Å²) in [5, 5.41) is 3.98. The lowest BCUT2D eigenvalue weighted by atomic mass is 10.3. The Kier molecular flexibility index (Phi) is 6.28. The minimum atomic E-state index is -4.73. The number of alkyl halides is 3. The highest BCUT2D eigenvalue weighted by Gasteiger charge is 2.61. The molecule has 158 valence electrons. The number of ether oxygens (including phenoxy) is 5. The average molecular weight is 416 g/mol. The van der Waals surface area contributed by atoms with Gasteiger partial charge in [-0.2, -0.15) is 18.3 Å². The molecule has 1 fully saturated rings. The molecule has 0 radical (unpaired) electrons. The van der Waals surface area contributed by atoms with Crippen molar-refractivity contribution in [2.45, 2.75) is 25.6 Å². The molecule has 0 N–H and O–H groups in total. The van der Waals surface area contributed by atoms with Crippen LogP contribution in [0, 0.1) is 0 Å². The van der Waals surface area contributed by atoms with Gasteiger partial charge in [0.05, 0.1) is 31.6 Å². The van der Waals surface area contributed by atoms with Gasteiger partial charge in [-0.1, -0.05) is 6.07 Å². The summed E-state index contributed by atoms with van der Waals surface area (Å²) in [6.07, 6.45) is -1.92. The largest absolute Gasteiger partial charge is 0.487 e. The Morgan fingerprint density at radius 2 is 1.93 bits per heavy atom. The molecule has 1 aliphatic rings. The van der Waals surface area contributed by atoms with E-state index in [1.54, 1.807) is 19.1 Å². The first-order valence-corrected chi connectivity index (χ1v) is 8.73. The number of esters is 1. The molecule has 0 amide bonds. The molecule has 3 rings (SSSR count). The molecule has 0 atom stereocenters. The molecule has 1 aliphatic heterocycles. The molecule has 1 aromatic heterocycles. The van der Waals surface area contributed by atoms with E-state index in [9.17, 15) is 18.0 Å². The summed E-state index contributed by atoms with van der Waals surface area (Å²) < 4.78 is 66.2. The highest BCUT2D eigenvalue weighted by Crippen LogP contribution is 2.38. The minimum Gasteiger partial charge on any atom is -0.487 e. The van der Waals surface area contributed by atoms with E-state index in [4.69, 9.17) is 23.7 Å². The summed E-state index contributed by atoms with van der Waals surface area (Å²) in [6.45, 7) is 0.748. The van der Waals surface area contributed by atoms with Gasteiger partial charge in [0.15, 0.2) is 13.3 Å². The number of nitrogens with zero attached hydrogens (tertiary/aromatic N) is 2. The highest BCUT2D eigenvalue weighted by atomic mass is 19.4. The maximum absolute atomic E-state index is 13.2. The van der Waals surface area contributed by atoms with Crippen LogP contribution in [-0.2, 0) is 20.9 Å². The van der Waals surface area contributed by atoms with Gasteiger partial charge in [0.2, 0.25) is 0 Å². The van der Waals surface area contributed by atoms with Crippen molar-refractivity contribution in [1.82, 2.24) is 9.78 Å². The predicted octanol–water partition coefficient (Wildman–Crippen LogP) is 2.78. The number of carbonyl (C=O) groups excluding carboxylic acids is 1. The Morgan fingerprint density at radius 1 is 1.24 bits per heavy atom. The van der Waals surface area contributed by atoms with E-state index < -0.39 is 24.5 Å². The number of hydrogen-bond acceptors (Lipinski definition) is 7. The lowest BCUT2D eigenvalue weighted by Gasteiger charge is -2.29. The van der Waals surface area contributed by atoms with E-state index in [1.807, 2.05) is 0 Å². The number of hydrogen-bond donors (Lipinski definition) is 0. The van der Waals surface area contributed by atoms with Crippen LogP contribution in [0.2, 0.25) is 0 Å². The van der Waals surface area contributed by atoms with Gasteiger partial charge in [0, 0.05) is 12.3 Å². The van der Waals surface area contributed by atoms with Crippen LogP contribution in [0.15, 0.2) is 36.7 Å². The molecule has 29 heavy (non-hydrogen) atoms. The summed E-state index contributed by atoms with van der Waals surface area (Å²) in [5.74, 6) is -2.78. The van der Waals surface area contributed by atoms with Crippen LogP contribution >= 0.6 is 0 Å². The molecule has 0 aliphatic carbocycles. The Bertz CT molecular complexity index is 833. The summed E-state index contributed by atoms with van der Waals surface area (Å²) in [7, 11) is 0. The zero-order valence-corrected chi connectivity index (χ0v) is 15.5. The van der Waals surface area contributed by atoms with Crippen LogP contribution in [-0.4, -0.2) is 54.1 Å². The first-order chi connectivity index (χ1) is 13.8. The number of benzene rings is 1. The Hall–Kier alpha value is -2.79. The SMILES string of the molecule is CCOC(=O)c1cnn(COc2cccc(OCC3(C(F)(F)F)OCCO3)c2)c1. The fourth-order valence-electron chi connectivity index (χ4n) is 2.51. The van der Waals surface area contributed by atoms with E-state index in [-0.39, 0.29) is 37.9 Å².